The van der Waals surface area contributed by atoms with Crippen LogP contribution in [-0.4, -0.2) is 47.7 Å². The van der Waals surface area contributed by atoms with Gasteiger partial charge in [0.05, 0.1) is 5.56 Å². The van der Waals surface area contributed by atoms with Crippen LogP contribution in [0.2, 0.25) is 0 Å². The van der Waals surface area contributed by atoms with E-state index in [0.29, 0.717) is 24.0 Å². The first kappa shape index (κ1) is 20.4. The molecule has 1 fully saturated rings. The average Bonchev–Trinajstić information content (AvgIpc) is 2.61. The largest absolute Gasteiger partial charge is 0.478 e. The summed E-state index contributed by atoms with van der Waals surface area (Å²) in [4.78, 5) is 25.7. The number of piperidine rings is 1. The van der Waals surface area contributed by atoms with Crippen molar-refractivity contribution >= 4 is 11.9 Å². The number of carbonyl (C=O) groups excluding carboxylic acids is 1. The number of carbonyl (C=O) groups is 2. The number of hydrogen-bond acceptors (Lipinski definition) is 3. The van der Waals surface area contributed by atoms with Crippen molar-refractivity contribution in [2.24, 2.45) is 11.8 Å². The molecule has 1 heterocycles. The maximum Gasteiger partial charge on any atom is 0.335 e. The Labute approximate surface area is 156 Å². The van der Waals surface area contributed by atoms with Crippen molar-refractivity contribution in [3.05, 3.63) is 35.4 Å². The second-order valence-corrected chi connectivity index (χ2v) is 7.63. The Kier molecular flexibility index (Phi) is 7.64. The number of likely N-dealkylation sites (tertiary alicyclic amines) is 1. The van der Waals surface area contributed by atoms with Crippen LogP contribution in [0.15, 0.2) is 24.3 Å². The van der Waals surface area contributed by atoms with Crippen LogP contribution in [0.25, 0.3) is 0 Å². The first-order valence-corrected chi connectivity index (χ1v) is 9.60. The molecule has 1 N–H and O–H groups in total. The monoisotopic (exact) mass is 361 g/mol. The lowest BCUT2D eigenvalue weighted by molar-refractivity contribution is -0.144. The predicted octanol–water partition coefficient (Wildman–Crippen LogP) is 3.62. The van der Waals surface area contributed by atoms with Gasteiger partial charge in [-0.25, -0.2) is 4.79 Å². The lowest BCUT2D eigenvalue weighted by Gasteiger charge is -2.33. The smallest absolute Gasteiger partial charge is 0.335 e. The van der Waals surface area contributed by atoms with Gasteiger partial charge < -0.3 is 14.7 Å². The second kappa shape index (κ2) is 9.72. The number of nitrogens with zero attached hydrogens (tertiary/aromatic N) is 1. The molecule has 1 aliphatic rings. The van der Waals surface area contributed by atoms with Crippen molar-refractivity contribution in [1.82, 2.24) is 4.90 Å². The number of aromatic carboxylic acids is 1. The first-order chi connectivity index (χ1) is 12.4. The summed E-state index contributed by atoms with van der Waals surface area (Å²) in [7, 11) is 0. The molecule has 5 nitrogen and oxygen atoms in total. The summed E-state index contributed by atoms with van der Waals surface area (Å²) in [5, 5.41) is 9.31. The molecule has 1 amide bonds. The zero-order chi connectivity index (χ0) is 19.1. The molecule has 144 valence electrons. The summed E-state index contributed by atoms with van der Waals surface area (Å²) in [5.74, 6) is 0.178. The number of carboxylic acid groups (broad SMARTS) is 1. The topological polar surface area (TPSA) is 66.8 Å². The Morgan fingerprint density at radius 3 is 2.46 bits per heavy atom. The molecule has 0 aromatic heterocycles. The maximum atomic E-state index is 12.5. The molecule has 1 unspecified atom stereocenters. The summed E-state index contributed by atoms with van der Waals surface area (Å²) in [6.07, 6.45) is 3.13. The highest BCUT2D eigenvalue weighted by Crippen LogP contribution is 2.24. The minimum Gasteiger partial charge on any atom is -0.478 e. The van der Waals surface area contributed by atoms with E-state index >= 15 is 0 Å². The fourth-order valence-corrected chi connectivity index (χ4v) is 3.38. The number of hydrogen-bond donors (Lipinski definition) is 1. The van der Waals surface area contributed by atoms with Gasteiger partial charge >= 0.3 is 5.97 Å². The SMILES string of the molecule is CC(C)CCOC(C)C(=O)N1CCC(Cc2ccccc2C(=O)O)CC1. The fourth-order valence-electron chi connectivity index (χ4n) is 3.38. The quantitative estimate of drug-likeness (QED) is 0.768. The predicted molar refractivity (Wildman–Crippen MR) is 101 cm³/mol. The maximum absolute atomic E-state index is 12.5. The normalized spacial score (nSPS) is 16.7. The summed E-state index contributed by atoms with van der Waals surface area (Å²) in [5.41, 5.74) is 1.27. The van der Waals surface area contributed by atoms with Crippen molar-refractivity contribution in [2.75, 3.05) is 19.7 Å². The third kappa shape index (κ3) is 5.84. The van der Waals surface area contributed by atoms with Crippen molar-refractivity contribution in [3.63, 3.8) is 0 Å². The van der Waals surface area contributed by atoms with Crippen LogP contribution in [0.1, 0.15) is 56.0 Å². The third-order valence-electron chi connectivity index (χ3n) is 5.09. The molecule has 1 aliphatic heterocycles. The number of amides is 1. The van der Waals surface area contributed by atoms with Crippen LogP contribution in [0.5, 0.6) is 0 Å². The van der Waals surface area contributed by atoms with Crippen molar-refractivity contribution in [1.29, 1.82) is 0 Å². The molecule has 1 saturated heterocycles. The summed E-state index contributed by atoms with van der Waals surface area (Å²) in [6.45, 7) is 8.17. The van der Waals surface area contributed by atoms with E-state index in [9.17, 15) is 14.7 Å². The summed E-state index contributed by atoms with van der Waals surface area (Å²) in [6, 6.07) is 7.20. The van der Waals surface area contributed by atoms with E-state index < -0.39 is 12.1 Å². The molecular weight excluding hydrogens is 330 g/mol. The molecule has 1 aromatic carbocycles. The van der Waals surface area contributed by atoms with Gasteiger partial charge in [-0.15, -0.1) is 0 Å². The molecule has 1 atom stereocenters. The molecule has 5 heteroatoms. The van der Waals surface area contributed by atoms with Gasteiger partial charge in [0.1, 0.15) is 6.10 Å². The van der Waals surface area contributed by atoms with Crippen LogP contribution in [0, 0.1) is 11.8 Å². The first-order valence-electron chi connectivity index (χ1n) is 9.60. The Balaban J connectivity index is 1.82. The van der Waals surface area contributed by atoms with E-state index in [1.807, 2.05) is 24.0 Å². The Morgan fingerprint density at radius 2 is 1.85 bits per heavy atom. The van der Waals surface area contributed by atoms with Crippen molar-refractivity contribution in [2.45, 2.75) is 52.6 Å². The van der Waals surface area contributed by atoms with Gasteiger partial charge in [-0.1, -0.05) is 32.0 Å². The van der Waals surface area contributed by atoms with Crippen molar-refractivity contribution < 1.29 is 19.4 Å². The van der Waals surface area contributed by atoms with Gasteiger partial charge in [0, 0.05) is 19.7 Å². The molecule has 0 spiro atoms. The van der Waals surface area contributed by atoms with Gasteiger partial charge in [0.25, 0.3) is 5.91 Å². The standard InChI is InChI=1S/C21H31NO4/c1-15(2)10-13-26-16(3)20(23)22-11-8-17(9-12-22)14-18-6-4-5-7-19(18)21(24)25/h4-7,15-17H,8-14H2,1-3H3,(H,24,25). The molecule has 0 aliphatic carbocycles. The van der Waals surface area contributed by atoms with E-state index in [-0.39, 0.29) is 5.91 Å². The Morgan fingerprint density at radius 1 is 1.19 bits per heavy atom. The van der Waals surface area contributed by atoms with Crippen LogP contribution < -0.4 is 0 Å². The van der Waals surface area contributed by atoms with Crippen LogP contribution in [0.4, 0.5) is 0 Å². The molecule has 2 rings (SSSR count). The highest BCUT2D eigenvalue weighted by molar-refractivity contribution is 5.89. The molecule has 26 heavy (non-hydrogen) atoms. The van der Waals surface area contributed by atoms with Crippen LogP contribution in [0.3, 0.4) is 0 Å². The number of rotatable bonds is 8. The Bertz CT molecular complexity index is 606. The molecule has 1 aromatic rings. The van der Waals surface area contributed by atoms with Gasteiger partial charge in [-0.05, 0) is 56.1 Å². The minimum atomic E-state index is -0.874. The average molecular weight is 361 g/mol. The van der Waals surface area contributed by atoms with E-state index in [0.717, 1.165) is 44.3 Å². The van der Waals surface area contributed by atoms with Gasteiger partial charge in [-0.3, -0.25) is 4.79 Å². The number of carboxylic acids is 1. The van der Waals surface area contributed by atoms with Crippen molar-refractivity contribution in [3.8, 4) is 0 Å². The Hall–Kier alpha value is -1.88. The molecule has 0 radical (unpaired) electrons. The second-order valence-electron chi connectivity index (χ2n) is 7.63. The number of benzene rings is 1. The third-order valence-corrected chi connectivity index (χ3v) is 5.09. The highest BCUT2D eigenvalue weighted by atomic mass is 16.5. The zero-order valence-corrected chi connectivity index (χ0v) is 16.1. The molecular formula is C21H31NO4. The summed E-state index contributed by atoms with van der Waals surface area (Å²) < 4.78 is 5.68. The van der Waals surface area contributed by atoms with E-state index in [1.165, 1.54) is 0 Å². The minimum absolute atomic E-state index is 0.0677. The van der Waals surface area contributed by atoms with Gasteiger partial charge in [0.2, 0.25) is 0 Å². The summed E-state index contributed by atoms with van der Waals surface area (Å²) >= 11 is 0. The van der Waals surface area contributed by atoms with Gasteiger partial charge in [0.15, 0.2) is 0 Å². The van der Waals surface area contributed by atoms with E-state index in [1.54, 1.807) is 12.1 Å². The highest BCUT2D eigenvalue weighted by Gasteiger charge is 2.27. The van der Waals surface area contributed by atoms with E-state index in [4.69, 9.17) is 4.74 Å². The van der Waals surface area contributed by atoms with E-state index in [2.05, 4.69) is 13.8 Å². The lowest BCUT2D eigenvalue weighted by Crippen LogP contribution is -2.44. The molecule has 0 bridgehead atoms. The van der Waals surface area contributed by atoms with Crippen LogP contribution in [-0.2, 0) is 16.0 Å². The molecule has 0 saturated carbocycles. The number of ether oxygens (including phenoxy) is 1. The zero-order valence-electron chi connectivity index (χ0n) is 16.1. The van der Waals surface area contributed by atoms with Crippen LogP contribution >= 0.6 is 0 Å². The van der Waals surface area contributed by atoms with Gasteiger partial charge in [-0.2, -0.15) is 0 Å². The fraction of sp³-hybridized carbons (Fsp3) is 0.619. The lowest BCUT2D eigenvalue weighted by atomic mass is 9.88.